The number of hydrogen-bond acceptors (Lipinski definition) is 4. The van der Waals surface area contributed by atoms with Crippen LogP contribution in [0.25, 0.3) is 10.6 Å². The van der Waals surface area contributed by atoms with Gasteiger partial charge in [0.2, 0.25) is 0 Å². The van der Waals surface area contributed by atoms with Crippen LogP contribution in [-0.4, -0.2) is 27.9 Å². The maximum Gasteiger partial charge on any atom is 0.273 e. The van der Waals surface area contributed by atoms with Crippen molar-refractivity contribution in [1.29, 1.82) is 0 Å². The van der Waals surface area contributed by atoms with E-state index in [1.165, 1.54) is 11.3 Å². The summed E-state index contributed by atoms with van der Waals surface area (Å²) in [7, 11) is 0. The van der Waals surface area contributed by atoms with Crippen LogP contribution in [0.4, 0.5) is 0 Å². The molecule has 2 aromatic heterocycles. The highest BCUT2D eigenvalue weighted by atomic mass is 32.1. The van der Waals surface area contributed by atoms with Crippen molar-refractivity contribution in [2.75, 3.05) is 0 Å². The topological polar surface area (TPSA) is 46.3 Å². The van der Waals surface area contributed by atoms with Gasteiger partial charge >= 0.3 is 0 Å². The Balaban J connectivity index is 2.25. The Morgan fingerprint density at radius 1 is 1.32 bits per heavy atom. The zero-order valence-corrected chi connectivity index (χ0v) is 12.4. The van der Waals surface area contributed by atoms with Gasteiger partial charge in [-0.05, 0) is 33.8 Å². The Morgan fingerprint density at radius 3 is 2.53 bits per heavy atom. The van der Waals surface area contributed by atoms with E-state index >= 15 is 0 Å². The van der Waals surface area contributed by atoms with Gasteiger partial charge in [0.25, 0.3) is 5.91 Å². The van der Waals surface area contributed by atoms with E-state index in [-0.39, 0.29) is 18.0 Å². The first-order valence-electron chi connectivity index (χ1n) is 6.31. The molecule has 0 spiro atoms. The number of thiazole rings is 1. The first-order chi connectivity index (χ1) is 9.00. The third kappa shape index (κ3) is 2.87. The minimum Gasteiger partial charge on any atom is -0.472 e. The second-order valence-corrected chi connectivity index (χ2v) is 5.81. The highest BCUT2D eigenvalue weighted by Crippen LogP contribution is 2.25. The molecule has 0 aliphatic heterocycles. The molecule has 4 nitrogen and oxygen atoms in total. The first-order valence-corrected chi connectivity index (χ1v) is 7.19. The van der Waals surface area contributed by atoms with E-state index in [0.717, 1.165) is 10.6 Å². The minimum atomic E-state index is -0.0176. The Morgan fingerprint density at radius 2 is 2.00 bits per heavy atom. The van der Waals surface area contributed by atoms with Gasteiger partial charge in [0.05, 0.1) is 6.26 Å². The summed E-state index contributed by atoms with van der Waals surface area (Å²) in [4.78, 5) is 18.7. The number of rotatable bonds is 4. The predicted molar refractivity (Wildman–Crippen MR) is 76.3 cm³/mol. The average Bonchev–Trinajstić information content (AvgIpc) is 2.99. The quantitative estimate of drug-likeness (QED) is 0.857. The van der Waals surface area contributed by atoms with Crippen LogP contribution in [0.5, 0.6) is 0 Å². The largest absolute Gasteiger partial charge is 0.472 e. The van der Waals surface area contributed by atoms with E-state index < -0.39 is 0 Å². The molecule has 0 N–H and O–H groups in total. The third-order valence-electron chi connectivity index (χ3n) is 2.84. The normalized spacial score (nSPS) is 11.3. The molecule has 2 aromatic rings. The van der Waals surface area contributed by atoms with Crippen LogP contribution in [0.3, 0.4) is 0 Å². The molecule has 0 unspecified atom stereocenters. The highest BCUT2D eigenvalue weighted by molar-refractivity contribution is 7.13. The number of amides is 1. The van der Waals surface area contributed by atoms with Crippen molar-refractivity contribution in [3.8, 4) is 10.6 Å². The fraction of sp³-hybridized carbons (Fsp3) is 0.429. The zero-order valence-electron chi connectivity index (χ0n) is 11.6. The van der Waals surface area contributed by atoms with E-state index in [9.17, 15) is 4.79 Å². The molecule has 102 valence electrons. The molecule has 0 saturated heterocycles. The summed E-state index contributed by atoms with van der Waals surface area (Å²) in [5.41, 5.74) is 1.41. The number of nitrogens with zero attached hydrogens (tertiary/aromatic N) is 2. The predicted octanol–water partition coefficient (Wildman–Crippen LogP) is 3.66. The van der Waals surface area contributed by atoms with Crippen LogP contribution in [0.1, 0.15) is 38.2 Å². The monoisotopic (exact) mass is 278 g/mol. The summed E-state index contributed by atoms with van der Waals surface area (Å²) in [6.45, 7) is 8.06. The maximum absolute atomic E-state index is 12.5. The van der Waals surface area contributed by atoms with Crippen molar-refractivity contribution < 1.29 is 9.21 Å². The van der Waals surface area contributed by atoms with Crippen LogP contribution in [0, 0.1) is 0 Å². The molecular formula is C14H18N2O2S. The van der Waals surface area contributed by atoms with Crippen molar-refractivity contribution in [2.24, 2.45) is 0 Å². The van der Waals surface area contributed by atoms with Gasteiger partial charge < -0.3 is 9.32 Å². The van der Waals surface area contributed by atoms with E-state index in [1.807, 2.05) is 44.0 Å². The Bertz CT molecular complexity index is 536. The number of hydrogen-bond donors (Lipinski definition) is 0. The summed E-state index contributed by atoms with van der Waals surface area (Å²) in [6.07, 6.45) is 3.24. The molecule has 0 atom stereocenters. The SMILES string of the molecule is CC(C)N(C(=O)c1csc(-c2ccoc2)n1)C(C)C. The number of aromatic nitrogens is 1. The van der Waals surface area contributed by atoms with Crippen LogP contribution < -0.4 is 0 Å². The molecule has 1 amide bonds. The van der Waals surface area contributed by atoms with Gasteiger partial charge in [-0.2, -0.15) is 0 Å². The van der Waals surface area contributed by atoms with E-state index in [0.29, 0.717) is 5.69 Å². The molecule has 0 radical (unpaired) electrons. The molecule has 0 bridgehead atoms. The summed E-state index contributed by atoms with van der Waals surface area (Å²) < 4.78 is 5.03. The summed E-state index contributed by atoms with van der Waals surface area (Å²) in [5.74, 6) is -0.0176. The van der Waals surface area contributed by atoms with Crippen LogP contribution >= 0.6 is 11.3 Å². The minimum absolute atomic E-state index is 0.0176. The summed E-state index contributed by atoms with van der Waals surface area (Å²) in [5, 5.41) is 2.62. The van der Waals surface area contributed by atoms with Crippen LogP contribution in [0.2, 0.25) is 0 Å². The molecule has 2 heterocycles. The van der Waals surface area contributed by atoms with Gasteiger partial charge in [-0.3, -0.25) is 4.79 Å². The average molecular weight is 278 g/mol. The standard InChI is InChI=1S/C14H18N2O2S/c1-9(2)16(10(3)4)14(17)12-8-19-13(15-12)11-5-6-18-7-11/h5-10H,1-4H3. The molecule has 2 rings (SSSR count). The van der Waals surface area contributed by atoms with Gasteiger partial charge in [-0.25, -0.2) is 4.98 Å². The molecular weight excluding hydrogens is 260 g/mol. The van der Waals surface area contributed by atoms with Gasteiger partial charge in [0.15, 0.2) is 0 Å². The maximum atomic E-state index is 12.5. The second-order valence-electron chi connectivity index (χ2n) is 4.95. The molecule has 5 heteroatoms. The Labute approximate surface area is 117 Å². The molecule has 19 heavy (non-hydrogen) atoms. The number of furan rings is 1. The molecule has 0 aromatic carbocycles. The van der Waals surface area contributed by atoms with Crippen molar-refractivity contribution in [2.45, 2.75) is 39.8 Å². The summed E-state index contributed by atoms with van der Waals surface area (Å²) >= 11 is 1.46. The smallest absolute Gasteiger partial charge is 0.273 e. The van der Waals surface area contributed by atoms with Gasteiger partial charge in [-0.1, -0.05) is 0 Å². The van der Waals surface area contributed by atoms with Gasteiger partial charge in [0.1, 0.15) is 17.0 Å². The van der Waals surface area contributed by atoms with E-state index in [2.05, 4.69) is 4.98 Å². The third-order valence-corrected chi connectivity index (χ3v) is 3.73. The first kappa shape index (κ1) is 13.8. The van der Waals surface area contributed by atoms with Gasteiger partial charge in [-0.15, -0.1) is 11.3 Å². The molecule has 0 aliphatic rings. The second kappa shape index (κ2) is 5.57. The fourth-order valence-corrected chi connectivity index (χ4v) is 2.87. The lowest BCUT2D eigenvalue weighted by Gasteiger charge is -2.30. The highest BCUT2D eigenvalue weighted by Gasteiger charge is 2.23. The zero-order chi connectivity index (χ0) is 14.0. The van der Waals surface area contributed by atoms with Crippen molar-refractivity contribution in [1.82, 2.24) is 9.88 Å². The lowest BCUT2D eigenvalue weighted by atomic mass is 10.2. The van der Waals surface area contributed by atoms with E-state index in [4.69, 9.17) is 4.42 Å². The molecule has 0 aliphatic carbocycles. The van der Waals surface area contributed by atoms with Crippen LogP contribution in [-0.2, 0) is 0 Å². The van der Waals surface area contributed by atoms with E-state index in [1.54, 1.807) is 12.5 Å². The Kier molecular flexibility index (Phi) is 4.04. The summed E-state index contributed by atoms with van der Waals surface area (Å²) in [6, 6.07) is 2.16. The lowest BCUT2D eigenvalue weighted by Crippen LogP contribution is -2.42. The van der Waals surface area contributed by atoms with Crippen molar-refractivity contribution >= 4 is 17.2 Å². The van der Waals surface area contributed by atoms with Crippen LogP contribution in [0.15, 0.2) is 28.4 Å². The van der Waals surface area contributed by atoms with Crippen molar-refractivity contribution in [3.63, 3.8) is 0 Å². The number of carbonyl (C=O) groups is 1. The molecule has 0 saturated carbocycles. The molecule has 0 fully saturated rings. The number of carbonyl (C=O) groups excluding carboxylic acids is 1. The van der Waals surface area contributed by atoms with Crippen molar-refractivity contribution in [3.05, 3.63) is 29.7 Å². The lowest BCUT2D eigenvalue weighted by molar-refractivity contribution is 0.0638. The fourth-order valence-electron chi connectivity index (χ4n) is 2.09. The van der Waals surface area contributed by atoms with Gasteiger partial charge in [0, 0.05) is 23.0 Å². The Hall–Kier alpha value is -1.62.